The molecule has 1 aromatic carbocycles. The summed E-state index contributed by atoms with van der Waals surface area (Å²) >= 11 is 0. The number of methoxy groups -OCH3 is 1. The van der Waals surface area contributed by atoms with Crippen LogP contribution >= 0.6 is 0 Å². The van der Waals surface area contributed by atoms with E-state index in [1.807, 2.05) is 0 Å². The molecule has 0 amide bonds. The molecule has 2 aromatic rings. The standard InChI is InChI=1S/C14H16FN3O4S/c1-4-22-13-8-16-7-12(17-13)18-23(19,20)11-6-5-10(21-3)14(15)9(11)2/h5-8H,4H2,1-3H3,(H,17,18). The summed E-state index contributed by atoms with van der Waals surface area (Å²) < 4.78 is 51.1. The smallest absolute Gasteiger partial charge is 0.263 e. The number of ether oxygens (including phenoxy) is 2. The predicted molar refractivity (Wildman–Crippen MR) is 81.7 cm³/mol. The minimum atomic E-state index is -4.03. The third-order valence-corrected chi connectivity index (χ3v) is 4.45. The zero-order chi connectivity index (χ0) is 17.0. The Labute approximate surface area is 133 Å². The van der Waals surface area contributed by atoms with Gasteiger partial charge in [-0.05, 0) is 26.0 Å². The second-order valence-electron chi connectivity index (χ2n) is 4.49. The summed E-state index contributed by atoms with van der Waals surface area (Å²) in [6.07, 6.45) is 2.59. The molecule has 0 atom stereocenters. The highest BCUT2D eigenvalue weighted by molar-refractivity contribution is 7.92. The van der Waals surface area contributed by atoms with Crippen molar-refractivity contribution in [3.63, 3.8) is 0 Å². The van der Waals surface area contributed by atoms with Crippen molar-refractivity contribution in [2.24, 2.45) is 0 Å². The highest BCUT2D eigenvalue weighted by atomic mass is 32.2. The summed E-state index contributed by atoms with van der Waals surface area (Å²) in [6.45, 7) is 3.49. The molecule has 0 aliphatic heterocycles. The van der Waals surface area contributed by atoms with E-state index in [0.29, 0.717) is 6.61 Å². The summed E-state index contributed by atoms with van der Waals surface area (Å²) in [5.41, 5.74) is -0.0502. The fourth-order valence-electron chi connectivity index (χ4n) is 1.90. The molecule has 1 aromatic heterocycles. The van der Waals surface area contributed by atoms with E-state index in [1.54, 1.807) is 6.92 Å². The van der Waals surface area contributed by atoms with E-state index in [1.165, 1.54) is 38.6 Å². The molecule has 23 heavy (non-hydrogen) atoms. The molecule has 0 fully saturated rings. The lowest BCUT2D eigenvalue weighted by atomic mass is 10.2. The fourth-order valence-corrected chi connectivity index (χ4v) is 3.12. The van der Waals surface area contributed by atoms with E-state index in [9.17, 15) is 12.8 Å². The third kappa shape index (κ3) is 3.67. The molecule has 1 N–H and O–H groups in total. The van der Waals surface area contributed by atoms with Crippen molar-refractivity contribution in [2.75, 3.05) is 18.4 Å². The van der Waals surface area contributed by atoms with Gasteiger partial charge in [0.15, 0.2) is 17.4 Å². The third-order valence-electron chi connectivity index (χ3n) is 2.95. The lowest BCUT2D eigenvalue weighted by Gasteiger charge is -2.12. The number of anilines is 1. The Balaban J connectivity index is 2.36. The molecule has 7 nitrogen and oxygen atoms in total. The van der Waals surface area contributed by atoms with Gasteiger partial charge in [0.05, 0.1) is 31.0 Å². The second kappa shape index (κ2) is 6.78. The molecule has 0 saturated heterocycles. The van der Waals surface area contributed by atoms with Crippen LogP contribution in [0.3, 0.4) is 0 Å². The summed E-state index contributed by atoms with van der Waals surface area (Å²) in [5.74, 6) is -0.596. The summed E-state index contributed by atoms with van der Waals surface area (Å²) in [6, 6.07) is 2.51. The Bertz CT molecular complexity index is 812. The minimum Gasteiger partial charge on any atom is -0.494 e. The van der Waals surface area contributed by atoms with Gasteiger partial charge in [-0.25, -0.2) is 12.8 Å². The normalized spacial score (nSPS) is 11.1. The monoisotopic (exact) mass is 341 g/mol. The van der Waals surface area contributed by atoms with Crippen molar-refractivity contribution in [3.8, 4) is 11.6 Å². The molecule has 0 aliphatic rings. The molecule has 0 radical (unpaired) electrons. The molecule has 0 bridgehead atoms. The van der Waals surface area contributed by atoms with Crippen molar-refractivity contribution < 1.29 is 22.3 Å². The lowest BCUT2D eigenvalue weighted by molar-refractivity contribution is 0.326. The molecule has 0 aliphatic carbocycles. The zero-order valence-electron chi connectivity index (χ0n) is 12.8. The van der Waals surface area contributed by atoms with E-state index in [0.717, 1.165) is 0 Å². The summed E-state index contributed by atoms with van der Waals surface area (Å²) in [5, 5.41) is 0. The van der Waals surface area contributed by atoms with E-state index in [-0.39, 0.29) is 27.9 Å². The Kier molecular flexibility index (Phi) is 4.99. The number of aromatic nitrogens is 2. The van der Waals surface area contributed by atoms with E-state index in [4.69, 9.17) is 9.47 Å². The topological polar surface area (TPSA) is 90.4 Å². The molecular weight excluding hydrogens is 325 g/mol. The number of rotatable bonds is 6. The van der Waals surface area contributed by atoms with Crippen LogP contribution in [0.2, 0.25) is 0 Å². The van der Waals surface area contributed by atoms with Gasteiger partial charge in [-0.3, -0.25) is 9.71 Å². The molecule has 9 heteroatoms. The van der Waals surface area contributed by atoms with Crippen LogP contribution in [-0.2, 0) is 10.0 Å². The van der Waals surface area contributed by atoms with Gasteiger partial charge in [-0.2, -0.15) is 4.98 Å². The number of hydrogen-bond donors (Lipinski definition) is 1. The highest BCUT2D eigenvalue weighted by Gasteiger charge is 2.22. The van der Waals surface area contributed by atoms with Crippen LogP contribution in [-0.4, -0.2) is 32.1 Å². The van der Waals surface area contributed by atoms with Crippen LogP contribution in [0.5, 0.6) is 11.6 Å². The van der Waals surface area contributed by atoms with Crippen molar-refractivity contribution in [1.82, 2.24) is 9.97 Å². The molecule has 0 unspecified atom stereocenters. The maximum atomic E-state index is 14.0. The molecule has 2 rings (SSSR count). The van der Waals surface area contributed by atoms with E-state index < -0.39 is 15.8 Å². The minimum absolute atomic E-state index is 0.0217. The van der Waals surface area contributed by atoms with Crippen molar-refractivity contribution in [3.05, 3.63) is 35.9 Å². The molecule has 124 valence electrons. The van der Waals surface area contributed by atoms with E-state index >= 15 is 0 Å². The number of benzene rings is 1. The summed E-state index contributed by atoms with van der Waals surface area (Å²) in [7, 11) is -2.72. The highest BCUT2D eigenvalue weighted by Crippen LogP contribution is 2.27. The average molecular weight is 341 g/mol. The predicted octanol–water partition coefficient (Wildman–Crippen LogP) is 2.13. The Morgan fingerprint density at radius 2 is 2.04 bits per heavy atom. The van der Waals surface area contributed by atoms with Gasteiger partial charge in [-0.1, -0.05) is 0 Å². The maximum absolute atomic E-state index is 14.0. The lowest BCUT2D eigenvalue weighted by Crippen LogP contribution is -2.16. The second-order valence-corrected chi connectivity index (χ2v) is 6.14. The SMILES string of the molecule is CCOc1cncc(NS(=O)(=O)c2ccc(OC)c(F)c2C)n1. The largest absolute Gasteiger partial charge is 0.494 e. The molecular formula is C14H16FN3O4S. The molecule has 0 saturated carbocycles. The van der Waals surface area contributed by atoms with Crippen LogP contribution in [0.25, 0.3) is 0 Å². The first-order valence-electron chi connectivity index (χ1n) is 6.69. The number of nitrogens with one attached hydrogen (secondary N) is 1. The van der Waals surface area contributed by atoms with Crippen LogP contribution in [0.1, 0.15) is 12.5 Å². The number of hydrogen-bond acceptors (Lipinski definition) is 6. The van der Waals surface area contributed by atoms with Gasteiger partial charge >= 0.3 is 0 Å². The Morgan fingerprint density at radius 1 is 1.30 bits per heavy atom. The number of nitrogens with zero attached hydrogens (tertiary/aromatic N) is 2. The van der Waals surface area contributed by atoms with Crippen molar-refractivity contribution in [2.45, 2.75) is 18.7 Å². The van der Waals surface area contributed by atoms with Crippen LogP contribution in [0.4, 0.5) is 10.2 Å². The first-order chi connectivity index (χ1) is 10.9. The average Bonchev–Trinajstić information content (AvgIpc) is 2.50. The van der Waals surface area contributed by atoms with E-state index in [2.05, 4.69) is 14.7 Å². The van der Waals surface area contributed by atoms with Crippen molar-refractivity contribution in [1.29, 1.82) is 0 Å². The number of sulfonamides is 1. The Hall–Kier alpha value is -2.42. The van der Waals surface area contributed by atoms with Gasteiger partial charge in [-0.15, -0.1) is 0 Å². The maximum Gasteiger partial charge on any atom is 0.263 e. The van der Waals surface area contributed by atoms with Crippen LogP contribution < -0.4 is 14.2 Å². The number of halogens is 1. The summed E-state index contributed by atoms with van der Waals surface area (Å²) in [4.78, 5) is 7.60. The fraction of sp³-hybridized carbons (Fsp3) is 0.286. The first kappa shape index (κ1) is 16.9. The van der Waals surface area contributed by atoms with Crippen LogP contribution in [0, 0.1) is 12.7 Å². The van der Waals surface area contributed by atoms with Gasteiger partial charge in [0.2, 0.25) is 5.88 Å². The molecule has 0 spiro atoms. The van der Waals surface area contributed by atoms with Crippen LogP contribution in [0.15, 0.2) is 29.4 Å². The first-order valence-corrected chi connectivity index (χ1v) is 8.18. The van der Waals surface area contributed by atoms with Gasteiger partial charge < -0.3 is 9.47 Å². The van der Waals surface area contributed by atoms with Gasteiger partial charge in [0, 0.05) is 5.56 Å². The van der Waals surface area contributed by atoms with Crippen molar-refractivity contribution >= 4 is 15.8 Å². The zero-order valence-corrected chi connectivity index (χ0v) is 13.6. The Morgan fingerprint density at radius 3 is 2.70 bits per heavy atom. The quantitative estimate of drug-likeness (QED) is 0.865. The molecule has 1 heterocycles. The van der Waals surface area contributed by atoms with Gasteiger partial charge in [0.25, 0.3) is 10.0 Å². The van der Waals surface area contributed by atoms with Gasteiger partial charge in [0.1, 0.15) is 0 Å².